The highest BCUT2D eigenvalue weighted by atomic mass is 16.7. The zero-order valence-electron chi connectivity index (χ0n) is 61.7. The molecule has 0 spiro atoms. The average molecular weight is 1320 g/mol. The number of ether oxygens (including phenoxy) is 3. The molecule has 8 unspecified atom stereocenters. The van der Waals surface area contributed by atoms with E-state index in [9.17, 15) is 35.1 Å². The molecule has 0 aromatic carbocycles. The van der Waals surface area contributed by atoms with Crippen molar-refractivity contribution in [2.75, 3.05) is 13.2 Å². The Bertz CT molecular complexity index is 1610. The highest BCUT2D eigenvalue weighted by Crippen LogP contribution is 2.27. The van der Waals surface area contributed by atoms with E-state index in [1.165, 1.54) is 321 Å². The summed E-state index contributed by atoms with van der Waals surface area (Å²) in [6.45, 7) is 5.87. The third-order valence-electron chi connectivity index (χ3n) is 19.9. The fourth-order valence-electron chi connectivity index (χ4n) is 13.4. The van der Waals surface area contributed by atoms with Gasteiger partial charge in [0.05, 0.1) is 25.4 Å². The quantitative estimate of drug-likeness (QED) is 0.0195. The first-order valence-electron chi connectivity index (χ1n) is 41.1. The molecule has 1 aliphatic heterocycles. The van der Waals surface area contributed by atoms with Gasteiger partial charge in [-0.3, -0.25) is 9.59 Å². The Morgan fingerprint density at radius 3 is 1.04 bits per heavy atom. The van der Waals surface area contributed by atoms with Crippen LogP contribution >= 0.6 is 0 Å². The van der Waals surface area contributed by atoms with Crippen molar-refractivity contribution in [1.29, 1.82) is 0 Å². The molecule has 6 N–H and O–H groups in total. The summed E-state index contributed by atoms with van der Waals surface area (Å²) in [5.41, 5.74) is 0. The van der Waals surface area contributed by atoms with Crippen LogP contribution in [0.15, 0.2) is 24.3 Å². The van der Waals surface area contributed by atoms with Crippen molar-refractivity contribution in [3.8, 4) is 0 Å². The minimum atomic E-state index is -1.61. The normalized spacial score (nSPS) is 17.9. The van der Waals surface area contributed by atoms with Crippen molar-refractivity contribution < 1.29 is 49.3 Å². The maximum Gasteiger partial charge on any atom is 0.306 e. The van der Waals surface area contributed by atoms with Crippen LogP contribution in [0.1, 0.15) is 425 Å². The first-order chi connectivity index (χ1) is 45.7. The van der Waals surface area contributed by atoms with Gasteiger partial charge in [-0.2, -0.15) is 0 Å². The van der Waals surface area contributed by atoms with Gasteiger partial charge in [0, 0.05) is 6.42 Å². The number of unbranched alkanes of at least 4 members (excludes halogenated alkanes) is 57. The molecule has 8 atom stereocenters. The molecule has 0 aliphatic carbocycles. The third-order valence-corrected chi connectivity index (χ3v) is 19.9. The topological polar surface area (TPSA) is 175 Å². The molecule has 1 saturated heterocycles. The standard InChI is InChI=1S/C82H157NO10/c1-4-7-10-13-16-19-22-24-26-28-30-32-34-36-38-40-42-44-46-48-50-52-55-58-61-64-67-70-77(87)93-80-79(89)78(88)76(71-84)92-82(80)91-72-73(74(85)68-65-62-59-56-53-21-18-15-12-9-6-3)83-81(90)75(86)69-66-63-60-57-54-51-49-47-45-43-41-39-37-35-33-31-29-27-25-23-20-17-14-11-8-5-2/h24,26,65,68,73-76,78-80,82,84-86,88-89H,4-23,25,27-64,66-67,69-72H2,1-3H3,(H,83,90)/b26-24+,68-65+. The molecular formula is C82H157NO10. The van der Waals surface area contributed by atoms with Crippen molar-refractivity contribution in [3.63, 3.8) is 0 Å². The van der Waals surface area contributed by atoms with Gasteiger partial charge in [0.2, 0.25) is 5.91 Å². The predicted octanol–water partition coefficient (Wildman–Crippen LogP) is 22.3. The van der Waals surface area contributed by atoms with Gasteiger partial charge in [-0.25, -0.2) is 0 Å². The Balaban J connectivity index is 2.43. The second-order valence-corrected chi connectivity index (χ2v) is 28.9. The molecular weight excluding hydrogens is 1160 g/mol. The van der Waals surface area contributed by atoms with E-state index in [1.54, 1.807) is 6.08 Å². The number of nitrogens with one attached hydrogen (secondary N) is 1. The molecule has 0 aromatic rings. The van der Waals surface area contributed by atoms with Crippen LogP contribution in [0, 0.1) is 0 Å². The number of hydrogen-bond donors (Lipinski definition) is 6. The van der Waals surface area contributed by atoms with E-state index in [4.69, 9.17) is 14.2 Å². The van der Waals surface area contributed by atoms with Crippen LogP contribution in [0.2, 0.25) is 0 Å². The zero-order chi connectivity index (χ0) is 67.4. The van der Waals surface area contributed by atoms with Gasteiger partial charge in [0.25, 0.3) is 0 Å². The van der Waals surface area contributed by atoms with Crippen LogP contribution in [-0.4, -0.2) is 99.6 Å². The fourth-order valence-corrected chi connectivity index (χ4v) is 13.4. The van der Waals surface area contributed by atoms with Gasteiger partial charge >= 0.3 is 5.97 Å². The summed E-state index contributed by atoms with van der Waals surface area (Å²) in [5, 5.41) is 57.4. The van der Waals surface area contributed by atoms with Crippen molar-refractivity contribution >= 4 is 11.9 Å². The van der Waals surface area contributed by atoms with Gasteiger partial charge in [0.15, 0.2) is 12.4 Å². The Morgan fingerprint density at radius 2 is 0.710 bits per heavy atom. The molecule has 1 aliphatic rings. The number of carbonyl (C=O) groups excluding carboxylic acids is 2. The molecule has 1 rings (SSSR count). The highest BCUT2D eigenvalue weighted by Gasteiger charge is 2.47. The summed E-state index contributed by atoms with van der Waals surface area (Å²) in [6.07, 6.45) is 76.9. The van der Waals surface area contributed by atoms with Gasteiger partial charge in [0.1, 0.15) is 24.4 Å². The van der Waals surface area contributed by atoms with E-state index in [2.05, 4.69) is 38.2 Å². The Morgan fingerprint density at radius 1 is 0.409 bits per heavy atom. The second kappa shape index (κ2) is 70.0. The number of aliphatic hydroxyl groups excluding tert-OH is 5. The molecule has 0 bridgehead atoms. The molecule has 0 aromatic heterocycles. The Labute approximate surface area is 575 Å². The van der Waals surface area contributed by atoms with E-state index in [0.29, 0.717) is 19.3 Å². The lowest BCUT2D eigenvalue weighted by Crippen LogP contribution is -2.61. The lowest BCUT2D eigenvalue weighted by Gasteiger charge is -2.41. The first-order valence-corrected chi connectivity index (χ1v) is 41.1. The van der Waals surface area contributed by atoms with Crippen LogP contribution in [0.4, 0.5) is 0 Å². The number of allylic oxidation sites excluding steroid dienone is 3. The lowest BCUT2D eigenvalue weighted by atomic mass is 9.99. The zero-order valence-corrected chi connectivity index (χ0v) is 61.7. The van der Waals surface area contributed by atoms with E-state index >= 15 is 0 Å². The number of esters is 1. The smallest absolute Gasteiger partial charge is 0.306 e. The maximum atomic E-state index is 13.5. The maximum absolute atomic E-state index is 13.5. The van der Waals surface area contributed by atoms with Crippen molar-refractivity contribution in [2.45, 2.75) is 474 Å². The monoisotopic (exact) mass is 1320 g/mol. The molecule has 1 amide bonds. The lowest BCUT2D eigenvalue weighted by molar-refractivity contribution is -0.305. The average Bonchev–Trinajstić information content (AvgIpc) is 0.842. The molecule has 0 radical (unpaired) electrons. The van der Waals surface area contributed by atoms with Gasteiger partial charge in [-0.15, -0.1) is 0 Å². The van der Waals surface area contributed by atoms with Crippen LogP contribution in [0.3, 0.4) is 0 Å². The van der Waals surface area contributed by atoms with Crippen molar-refractivity contribution in [2.24, 2.45) is 0 Å². The van der Waals surface area contributed by atoms with Crippen LogP contribution in [0.5, 0.6) is 0 Å². The number of amides is 1. The van der Waals surface area contributed by atoms with Crippen molar-refractivity contribution in [1.82, 2.24) is 5.32 Å². The van der Waals surface area contributed by atoms with E-state index in [0.717, 1.165) is 57.8 Å². The van der Waals surface area contributed by atoms with E-state index < -0.39 is 67.4 Å². The largest absolute Gasteiger partial charge is 0.454 e. The highest BCUT2D eigenvalue weighted by molar-refractivity contribution is 5.80. The number of carbonyl (C=O) groups is 2. The third kappa shape index (κ3) is 56.7. The first kappa shape index (κ1) is 89.2. The fraction of sp³-hybridized carbons (Fsp3) is 0.927. The second-order valence-electron chi connectivity index (χ2n) is 28.9. The molecule has 11 heteroatoms. The molecule has 550 valence electrons. The van der Waals surface area contributed by atoms with Crippen LogP contribution in [-0.2, 0) is 23.8 Å². The van der Waals surface area contributed by atoms with Crippen LogP contribution < -0.4 is 5.32 Å². The summed E-state index contributed by atoms with van der Waals surface area (Å²) in [4.78, 5) is 26.8. The van der Waals surface area contributed by atoms with Crippen molar-refractivity contribution in [3.05, 3.63) is 24.3 Å². The summed E-state index contributed by atoms with van der Waals surface area (Å²) in [7, 11) is 0. The van der Waals surface area contributed by atoms with E-state index in [-0.39, 0.29) is 13.0 Å². The predicted molar refractivity (Wildman–Crippen MR) is 394 cm³/mol. The van der Waals surface area contributed by atoms with Crippen LogP contribution in [0.25, 0.3) is 0 Å². The summed E-state index contributed by atoms with van der Waals surface area (Å²) in [5.74, 6) is -1.17. The summed E-state index contributed by atoms with van der Waals surface area (Å²) < 4.78 is 17.8. The van der Waals surface area contributed by atoms with Gasteiger partial charge in [-0.05, 0) is 51.4 Å². The number of aliphatic hydroxyl groups is 5. The summed E-state index contributed by atoms with van der Waals surface area (Å²) >= 11 is 0. The Hall–Kier alpha value is -1.86. The molecule has 1 fully saturated rings. The van der Waals surface area contributed by atoms with E-state index in [1.807, 2.05) is 6.08 Å². The SMILES string of the molecule is CCCCCCCC/C=C/CCCCCCCCCCCCCCCCCCCC(=O)OC1C(OCC(NC(=O)C(O)CCCCCCCCCCCCCCCCCCCCCCCCCCCC)C(O)/C=C/CCCCCCCCCCC)OC(CO)C(O)C1O. The number of hydrogen-bond acceptors (Lipinski definition) is 10. The molecule has 0 saturated carbocycles. The summed E-state index contributed by atoms with van der Waals surface area (Å²) in [6, 6.07) is -1.02. The minimum absolute atomic E-state index is 0.130. The number of rotatable bonds is 73. The minimum Gasteiger partial charge on any atom is -0.454 e. The molecule has 93 heavy (non-hydrogen) atoms. The van der Waals surface area contributed by atoms with Gasteiger partial charge in [-0.1, -0.05) is 392 Å². The van der Waals surface area contributed by atoms with Gasteiger partial charge < -0.3 is 45.1 Å². The molecule has 1 heterocycles. The molecule has 11 nitrogen and oxygen atoms in total. The Kier molecular flexibility index (Phi) is 67.1.